The zero-order valence-corrected chi connectivity index (χ0v) is 17.0. The Hall–Kier alpha value is -2.67. The number of nitrogens with one attached hydrogen (secondary N) is 1. The number of carbonyl (C=O) groups is 1. The molecule has 1 saturated heterocycles. The number of rotatable bonds is 2. The van der Waals surface area contributed by atoms with Crippen LogP contribution < -0.4 is 15.1 Å². The third kappa shape index (κ3) is 3.44. The van der Waals surface area contributed by atoms with Crippen molar-refractivity contribution in [3.8, 4) is 0 Å². The molecule has 5 rings (SSSR count). The lowest BCUT2D eigenvalue weighted by atomic mass is 9.99. The Kier molecular flexibility index (Phi) is 4.83. The summed E-state index contributed by atoms with van der Waals surface area (Å²) in [6.07, 6.45) is 4.67. The minimum atomic E-state index is 0.187. The second-order valence-corrected chi connectivity index (χ2v) is 8.30. The predicted molar refractivity (Wildman–Crippen MR) is 113 cm³/mol. The lowest BCUT2D eigenvalue weighted by Gasteiger charge is -2.35. The molecule has 2 aromatic rings. The van der Waals surface area contributed by atoms with Crippen LogP contribution in [-0.4, -0.2) is 60.0 Å². The fourth-order valence-electron chi connectivity index (χ4n) is 4.89. The summed E-state index contributed by atoms with van der Waals surface area (Å²) in [5.41, 5.74) is 3.87. The molecule has 1 aromatic carbocycles. The monoisotopic (exact) mass is 392 g/mol. The molecule has 1 fully saturated rings. The van der Waals surface area contributed by atoms with Crippen molar-refractivity contribution in [1.29, 1.82) is 0 Å². The zero-order valence-electron chi connectivity index (χ0n) is 17.0. The second-order valence-electron chi connectivity index (χ2n) is 8.30. The van der Waals surface area contributed by atoms with Crippen LogP contribution in [0.5, 0.6) is 0 Å². The number of anilines is 2. The van der Waals surface area contributed by atoms with Crippen LogP contribution in [0.25, 0.3) is 0 Å². The molecule has 0 radical (unpaired) electrons. The standard InChI is InChI=1S/C22H28N6O/c1-26-14-20(29)28(18-6-9-23-10-7-18)13-19-21(26)24-15-25-22(19)27-11-8-16-4-2-3-5-17(16)12-27/h2-5,15,18,23H,6-14H2,1H3. The molecule has 3 aliphatic rings. The van der Waals surface area contributed by atoms with Gasteiger partial charge >= 0.3 is 0 Å². The highest BCUT2D eigenvalue weighted by Gasteiger charge is 2.33. The first-order chi connectivity index (χ1) is 14.2. The Morgan fingerprint density at radius 1 is 1.00 bits per heavy atom. The summed E-state index contributed by atoms with van der Waals surface area (Å²) in [6, 6.07) is 8.94. The summed E-state index contributed by atoms with van der Waals surface area (Å²) in [5.74, 6) is 2.05. The maximum Gasteiger partial charge on any atom is 0.242 e. The molecule has 0 saturated carbocycles. The smallest absolute Gasteiger partial charge is 0.242 e. The third-order valence-electron chi connectivity index (χ3n) is 6.46. The molecule has 0 bridgehead atoms. The van der Waals surface area contributed by atoms with Crippen molar-refractivity contribution in [2.45, 2.75) is 38.4 Å². The first kappa shape index (κ1) is 18.4. The number of hydrogen-bond acceptors (Lipinski definition) is 6. The Bertz CT molecular complexity index is 910. The van der Waals surface area contributed by atoms with Crippen molar-refractivity contribution in [2.24, 2.45) is 0 Å². The van der Waals surface area contributed by atoms with Crippen molar-refractivity contribution >= 4 is 17.5 Å². The molecule has 152 valence electrons. The van der Waals surface area contributed by atoms with E-state index in [2.05, 4.69) is 44.4 Å². The van der Waals surface area contributed by atoms with E-state index in [0.29, 0.717) is 19.1 Å². The molecular formula is C22H28N6O. The van der Waals surface area contributed by atoms with Crippen molar-refractivity contribution in [3.63, 3.8) is 0 Å². The molecule has 0 atom stereocenters. The van der Waals surface area contributed by atoms with E-state index in [9.17, 15) is 4.79 Å². The van der Waals surface area contributed by atoms with E-state index in [1.54, 1.807) is 6.33 Å². The molecule has 0 aliphatic carbocycles. The summed E-state index contributed by atoms with van der Waals surface area (Å²) in [5, 5.41) is 3.40. The van der Waals surface area contributed by atoms with Crippen LogP contribution >= 0.6 is 0 Å². The van der Waals surface area contributed by atoms with Gasteiger partial charge in [-0.15, -0.1) is 0 Å². The number of carbonyl (C=O) groups excluding carboxylic acids is 1. The molecule has 7 heteroatoms. The first-order valence-corrected chi connectivity index (χ1v) is 10.6. The van der Waals surface area contributed by atoms with Gasteiger partial charge in [-0.25, -0.2) is 9.97 Å². The van der Waals surface area contributed by atoms with Gasteiger partial charge < -0.3 is 20.0 Å². The van der Waals surface area contributed by atoms with Crippen LogP contribution in [0.15, 0.2) is 30.6 Å². The van der Waals surface area contributed by atoms with Crippen molar-refractivity contribution in [1.82, 2.24) is 20.2 Å². The van der Waals surface area contributed by atoms with E-state index in [4.69, 9.17) is 4.98 Å². The van der Waals surface area contributed by atoms with Gasteiger partial charge in [0.1, 0.15) is 18.0 Å². The average Bonchev–Trinajstić information content (AvgIpc) is 2.89. The molecule has 0 spiro atoms. The highest BCUT2D eigenvalue weighted by atomic mass is 16.2. The number of hydrogen-bond donors (Lipinski definition) is 1. The largest absolute Gasteiger partial charge is 0.351 e. The van der Waals surface area contributed by atoms with Crippen LogP contribution in [0.3, 0.4) is 0 Å². The minimum Gasteiger partial charge on any atom is -0.351 e. The first-order valence-electron chi connectivity index (χ1n) is 10.6. The molecule has 4 heterocycles. The van der Waals surface area contributed by atoms with Crippen LogP contribution in [0.2, 0.25) is 0 Å². The Balaban J connectivity index is 1.50. The van der Waals surface area contributed by atoms with Gasteiger partial charge in [0.2, 0.25) is 5.91 Å². The van der Waals surface area contributed by atoms with Gasteiger partial charge in [-0.3, -0.25) is 4.79 Å². The van der Waals surface area contributed by atoms with E-state index in [1.165, 1.54) is 11.1 Å². The van der Waals surface area contributed by atoms with E-state index in [1.807, 2.05) is 11.9 Å². The van der Waals surface area contributed by atoms with Crippen LogP contribution in [0.1, 0.15) is 29.5 Å². The van der Waals surface area contributed by atoms with Gasteiger partial charge in [0, 0.05) is 26.2 Å². The summed E-state index contributed by atoms with van der Waals surface area (Å²) >= 11 is 0. The SMILES string of the molecule is CN1CC(=O)N(C2CCNCC2)Cc2c1ncnc2N1CCc2ccccc2C1. The highest BCUT2D eigenvalue weighted by Crippen LogP contribution is 2.33. The van der Waals surface area contributed by atoms with Gasteiger partial charge in [0.15, 0.2) is 0 Å². The van der Waals surface area contributed by atoms with Gasteiger partial charge in [-0.2, -0.15) is 0 Å². The maximum absolute atomic E-state index is 13.0. The summed E-state index contributed by atoms with van der Waals surface area (Å²) in [7, 11) is 1.96. The second kappa shape index (κ2) is 7.63. The van der Waals surface area contributed by atoms with Gasteiger partial charge in [-0.05, 0) is 43.5 Å². The number of benzene rings is 1. The van der Waals surface area contributed by atoms with E-state index in [-0.39, 0.29) is 5.91 Å². The highest BCUT2D eigenvalue weighted by molar-refractivity contribution is 5.84. The van der Waals surface area contributed by atoms with E-state index in [0.717, 1.165) is 62.6 Å². The Labute approximate surface area is 171 Å². The Morgan fingerprint density at radius 3 is 2.59 bits per heavy atom. The van der Waals surface area contributed by atoms with E-state index < -0.39 is 0 Å². The number of likely N-dealkylation sites (N-methyl/N-ethyl adjacent to an activating group) is 1. The van der Waals surface area contributed by atoms with E-state index >= 15 is 0 Å². The molecule has 1 aromatic heterocycles. The number of piperidine rings is 1. The number of amides is 1. The van der Waals surface area contributed by atoms with Gasteiger partial charge in [0.25, 0.3) is 0 Å². The van der Waals surface area contributed by atoms with Crippen molar-refractivity contribution in [2.75, 3.05) is 43.0 Å². The molecular weight excluding hydrogens is 364 g/mol. The lowest BCUT2D eigenvalue weighted by molar-refractivity contribution is -0.133. The fraction of sp³-hybridized carbons (Fsp3) is 0.500. The number of fused-ring (bicyclic) bond motifs is 2. The van der Waals surface area contributed by atoms with Gasteiger partial charge in [-0.1, -0.05) is 24.3 Å². The Morgan fingerprint density at radius 2 is 1.76 bits per heavy atom. The minimum absolute atomic E-state index is 0.187. The number of nitrogens with zero attached hydrogens (tertiary/aromatic N) is 5. The topological polar surface area (TPSA) is 64.6 Å². The molecule has 7 nitrogen and oxygen atoms in total. The molecule has 0 unspecified atom stereocenters. The molecule has 3 aliphatic heterocycles. The predicted octanol–water partition coefficient (Wildman–Crippen LogP) is 1.57. The summed E-state index contributed by atoms with van der Waals surface area (Å²) < 4.78 is 0. The zero-order chi connectivity index (χ0) is 19.8. The quantitative estimate of drug-likeness (QED) is 0.837. The van der Waals surface area contributed by atoms with Crippen molar-refractivity contribution in [3.05, 3.63) is 47.3 Å². The third-order valence-corrected chi connectivity index (χ3v) is 6.46. The average molecular weight is 393 g/mol. The van der Waals surface area contributed by atoms with Crippen molar-refractivity contribution < 1.29 is 4.79 Å². The van der Waals surface area contributed by atoms with Crippen LogP contribution in [0, 0.1) is 0 Å². The number of aromatic nitrogens is 2. The summed E-state index contributed by atoms with van der Waals surface area (Å²) in [6.45, 7) is 4.69. The fourth-order valence-corrected chi connectivity index (χ4v) is 4.89. The van der Waals surface area contributed by atoms with Crippen LogP contribution in [-0.2, 0) is 24.3 Å². The summed E-state index contributed by atoms with van der Waals surface area (Å²) in [4.78, 5) is 28.7. The van der Waals surface area contributed by atoms with Crippen LogP contribution in [0.4, 0.5) is 11.6 Å². The molecule has 1 N–H and O–H groups in total. The lowest BCUT2D eigenvalue weighted by Crippen LogP contribution is -2.47. The molecule has 1 amide bonds. The normalized spacial score (nSPS) is 20.3. The molecule has 29 heavy (non-hydrogen) atoms. The maximum atomic E-state index is 13.0. The van der Waals surface area contributed by atoms with Gasteiger partial charge in [0.05, 0.1) is 18.7 Å².